The van der Waals surface area contributed by atoms with Gasteiger partial charge >= 0.3 is 178 Å². The molecule has 1 fully saturated rings. The molecule has 158 valence electrons. The summed E-state index contributed by atoms with van der Waals surface area (Å²) in [6, 6.07) is 29.4. The topological polar surface area (TPSA) is 66.8 Å². The van der Waals surface area contributed by atoms with E-state index in [1.54, 1.807) is 0 Å². The molecule has 1 aliphatic rings. The van der Waals surface area contributed by atoms with E-state index in [1.165, 1.54) is 0 Å². The van der Waals surface area contributed by atoms with Crippen LogP contribution >= 0.6 is 14.7 Å². The third-order valence-corrected chi connectivity index (χ3v) is 14.4. The molecule has 4 nitrogen and oxygen atoms in total. The molecule has 3 aromatic rings. The number of hydrogen-bond donors (Lipinski definition) is 2. The van der Waals surface area contributed by atoms with Crippen molar-refractivity contribution in [3.63, 3.8) is 0 Å². The van der Waals surface area contributed by atoms with Gasteiger partial charge in [-0.05, 0) is 0 Å². The van der Waals surface area contributed by atoms with E-state index in [0.717, 1.165) is 48.0 Å². The molecule has 0 bridgehead atoms. The van der Waals surface area contributed by atoms with Crippen molar-refractivity contribution >= 4 is 30.6 Å². The van der Waals surface area contributed by atoms with Crippen LogP contribution in [0.4, 0.5) is 0 Å². The van der Waals surface area contributed by atoms with Gasteiger partial charge in [-0.15, -0.1) is 0 Å². The minimum atomic E-state index is -4.86. The zero-order valence-electron chi connectivity index (χ0n) is 16.9. The Hall–Kier alpha value is -1.80. The van der Waals surface area contributed by atoms with Crippen molar-refractivity contribution in [1.29, 1.82) is 0 Å². The molecule has 2 N–H and O–H groups in total. The molecule has 0 radical (unpaired) electrons. The van der Waals surface area contributed by atoms with Crippen LogP contribution in [-0.4, -0.2) is 15.4 Å². The SMILES string of the molecule is O=P(O)(O)OP(c1ccccc1)(c1ccccc1)(c1ccccc1)C1CCCCC1. The van der Waals surface area contributed by atoms with Crippen molar-refractivity contribution < 1.29 is 18.7 Å². The van der Waals surface area contributed by atoms with Crippen molar-refractivity contribution in [2.24, 2.45) is 0 Å². The second kappa shape index (κ2) is 8.38. The van der Waals surface area contributed by atoms with E-state index >= 15 is 0 Å². The molecule has 0 unspecified atom stereocenters. The molecule has 0 aromatic heterocycles. The number of rotatable bonds is 6. The Bertz CT molecular complexity index is 913. The molecule has 0 saturated heterocycles. The van der Waals surface area contributed by atoms with Crippen LogP contribution in [0.1, 0.15) is 32.1 Å². The fourth-order valence-corrected chi connectivity index (χ4v) is 14.5. The first kappa shape index (κ1) is 21.4. The molecule has 1 aliphatic carbocycles. The summed E-state index contributed by atoms with van der Waals surface area (Å²) >= 11 is 0. The van der Waals surface area contributed by atoms with Crippen molar-refractivity contribution in [3.05, 3.63) is 91.0 Å². The fraction of sp³-hybridized carbons (Fsp3) is 0.250. The van der Waals surface area contributed by atoms with E-state index in [1.807, 2.05) is 91.0 Å². The van der Waals surface area contributed by atoms with Gasteiger partial charge in [-0.3, -0.25) is 0 Å². The molecule has 0 spiro atoms. The van der Waals surface area contributed by atoms with Gasteiger partial charge in [0.1, 0.15) is 0 Å². The Kier molecular flexibility index (Phi) is 5.99. The molecule has 0 amide bonds. The van der Waals surface area contributed by atoms with Gasteiger partial charge in [0.25, 0.3) is 0 Å². The summed E-state index contributed by atoms with van der Waals surface area (Å²) in [4.78, 5) is 20.7. The van der Waals surface area contributed by atoms with E-state index in [0.29, 0.717) is 0 Å². The average Bonchev–Trinajstić information content (AvgIpc) is 2.79. The van der Waals surface area contributed by atoms with Crippen molar-refractivity contribution in [2.75, 3.05) is 0 Å². The molecular weight excluding hydrogens is 414 g/mol. The molecule has 1 saturated carbocycles. The molecule has 30 heavy (non-hydrogen) atoms. The summed E-state index contributed by atoms with van der Waals surface area (Å²) in [5.41, 5.74) is -0.00965. The van der Waals surface area contributed by atoms with Crippen molar-refractivity contribution in [3.8, 4) is 0 Å². The van der Waals surface area contributed by atoms with Gasteiger partial charge in [0.15, 0.2) is 0 Å². The second-order valence-corrected chi connectivity index (χ2v) is 14.1. The monoisotopic (exact) mass is 442 g/mol. The summed E-state index contributed by atoms with van der Waals surface area (Å²) in [6.07, 6.45) is 4.93. The summed E-state index contributed by atoms with van der Waals surface area (Å²) in [5.74, 6) is 0. The van der Waals surface area contributed by atoms with Crippen LogP contribution in [-0.2, 0) is 8.88 Å². The average molecular weight is 442 g/mol. The summed E-state index contributed by atoms with van der Waals surface area (Å²) < 4.78 is 19.0. The van der Waals surface area contributed by atoms with Gasteiger partial charge in [-0.25, -0.2) is 0 Å². The third kappa shape index (κ3) is 3.47. The minimum absolute atomic E-state index is 0.00965. The van der Waals surface area contributed by atoms with E-state index in [4.69, 9.17) is 4.31 Å². The first-order chi connectivity index (χ1) is 14.5. The first-order valence-corrected chi connectivity index (χ1v) is 14.2. The maximum atomic E-state index is 12.7. The van der Waals surface area contributed by atoms with E-state index < -0.39 is 14.7 Å². The van der Waals surface area contributed by atoms with E-state index in [2.05, 4.69) is 0 Å². The van der Waals surface area contributed by atoms with Crippen molar-refractivity contribution in [1.82, 2.24) is 0 Å². The molecule has 0 heterocycles. The quantitative estimate of drug-likeness (QED) is 0.535. The first-order valence-electron chi connectivity index (χ1n) is 10.4. The standard InChI is InChI=1S/C24H28O4P2/c25-29(26,27)28-30(21-13-5-1-6-14-21,22-15-7-2-8-16-22,23-17-9-3-10-18-23)24-19-11-4-12-20-24/h1-3,5-10,13-18,24H,4,11-12,19-20H2,(H2,25,26,27). The Morgan fingerprint density at radius 3 is 1.37 bits per heavy atom. The van der Waals surface area contributed by atoms with Crippen LogP contribution in [0.5, 0.6) is 0 Å². The number of benzene rings is 3. The predicted octanol–water partition coefficient (Wildman–Crippen LogP) is 4.87. The van der Waals surface area contributed by atoms with Gasteiger partial charge in [-0.2, -0.15) is 0 Å². The van der Waals surface area contributed by atoms with Crippen LogP contribution in [0, 0.1) is 0 Å². The summed E-state index contributed by atoms with van der Waals surface area (Å²) in [7, 11) is -4.86. The maximum absolute atomic E-state index is 12.7. The fourth-order valence-electron chi connectivity index (χ4n) is 5.25. The number of hydrogen-bond acceptors (Lipinski definition) is 2. The van der Waals surface area contributed by atoms with Crippen LogP contribution < -0.4 is 15.9 Å². The van der Waals surface area contributed by atoms with E-state index in [-0.39, 0.29) is 5.66 Å². The van der Waals surface area contributed by atoms with E-state index in [9.17, 15) is 14.4 Å². The van der Waals surface area contributed by atoms with Crippen LogP contribution in [0.3, 0.4) is 0 Å². The van der Waals surface area contributed by atoms with Crippen LogP contribution in [0.15, 0.2) is 91.0 Å². The van der Waals surface area contributed by atoms with Gasteiger partial charge in [0.2, 0.25) is 0 Å². The summed E-state index contributed by atoms with van der Waals surface area (Å²) in [6.45, 7) is -4.00. The Morgan fingerprint density at radius 2 is 1.03 bits per heavy atom. The van der Waals surface area contributed by atoms with Gasteiger partial charge < -0.3 is 0 Å². The van der Waals surface area contributed by atoms with Gasteiger partial charge in [0.05, 0.1) is 0 Å². The van der Waals surface area contributed by atoms with Crippen molar-refractivity contribution in [2.45, 2.75) is 37.8 Å². The Labute approximate surface area is 178 Å². The predicted molar refractivity (Wildman–Crippen MR) is 125 cm³/mol. The number of phosphoric acid groups is 1. The molecule has 3 aromatic carbocycles. The molecular formula is C24H28O4P2. The Balaban J connectivity index is 2.22. The summed E-state index contributed by atoms with van der Waals surface area (Å²) in [5, 5.41) is 2.61. The molecule has 0 aliphatic heterocycles. The molecule has 6 heteroatoms. The normalized spacial score (nSPS) is 17.2. The van der Waals surface area contributed by atoms with Gasteiger partial charge in [-0.1, -0.05) is 0 Å². The van der Waals surface area contributed by atoms with Crippen LogP contribution in [0.2, 0.25) is 0 Å². The zero-order valence-corrected chi connectivity index (χ0v) is 18.7. The van der Waals surface area contributed by atoms with Gasteiger partial charge in [0, 0.05) is 0 Å². The second-order valence-electron chi connectivity index (χ2n) is 7.97. The zero-order chi connectivity index (χ0) is 21.1. The third-order valence-electron chi connectivity index (χ3n) is 6.35. The molecule has 4 rings (SSSR count). The Morgan fingerprint density at radius 1 is 0.667 bits per heavy atom. The molecule has 0 atom stereocenters. The van der Waals surface area contributed by atoms with Crippen LogP contribution in [0.25, 0.3) is 0 Å².